The zero-order valence-corrected chi connectivity index (χ0v) is 10.7. The molecule has 0 aliphatic rings. The average molecular weight is 236 g/mol. The third kappa shape index (κ3) is 4.87. The van der Waals surface area contributed by atoms with Crippen LogP contribution in [0.4, 0.5) is 5.69 Å². The molecular weight excluding hydrogens is 216 g/mol. The highest BCUT2D eigenvalue weighted by molar-refractivity contribution is 5.76. The van der Waals surface area contributed by atoms with Crippen LogP contribution >= 0.6 is 0 Å². The van der Waals surface area contributed by atoms with Gasteiger partial charge >= 0.3 is 0 Å². The van der Waals surface area contributed by atoms with Gasteiger partial charge in [-0.3, -0.25) is 4.79 Å². The topological polar surface area (TPSA) is 41.6 Å². The number of rotatable bonds is 6. The first-order valence-corrected chi connectivity index (χ1v) is 5.65. The SMILES string of the molecule is COCc1cccc(NCCC(=O)N(C)C)c1. The molecule has 4 heteroatoms. The first-order valence-electron chi connectivity index (χ1n) is 5.65. The van der Waals surface area contributed by atoms with Crippen molar-refractivity contribution < 1.29 is 9.53 Å². The van der Waals surface area contributed by atoms with E-state index in [1.165, 1.54) is 0 Å². The Labute approximate surface area is 103 Å². The minimum atomic E-state index is 0.130. The maximum Gasteiger partial charge on any atom is 0.223 e. The second-order valence-electron chi connectivity index (χ2n) is 4.10. The van der Waals surface area contributed by atoms with Gasteiger partial charge in [0.2, 0.25) is 5.91 Å². The zero-order chi connectivity index (χ0) is 12.7. The summed E-state index contributed by atoms with van der Waals surface area (Å²) in [6, 6.07) is 8.01. The molecule has 0 heterocycles. The lowest BCUT2D eigenvalue weighted by molar-refractivity contribution is -0.128. The molecule has 94 valence electrons. The zero-order valence-electron chi connectivity index (χ0n) is 10.7. The molecule has 4 nitrogen and oxygen atoms in total. The number of carbonyl (C=O) groups excluding carboxylic acids is 1. The van der Waals surface area contributed by atoms with E-state index in [0.29, 0.717) is 19.6 Å². The number of nitrogens with one attached hydrogen (secondary N) is 1. The number of carbonyl (C=O) groups is 1. The molecule has 1 aromatic carbocycles. The van der Waals surface area contributed by atoms with Gasteiger partial charge in [-0.05, 0) is 17.7 Å². The highest BCUT2D eigenvalue weighted by Crippen LogP contribution is 2.11. The standard InChI is InChI=1S/C13H20N2O2/c1-15(2)13(16)7-8-14-12-6-4-5-11(9-12)10-17-3/h4-6,9,14H,7-8,10H2,1-3H3. The number of hydrogen-bond donors (Lipinski definition) is 1. The Kier molecular flexibility index (Phi) is 5.49. The fourth-order valence-corrected chi connectivity index (χ4v) is 1.48. The molecule has 0 saturated carbocycles. The van der Waals surface area contributed by atoms with Crippen LogP contribution in [-0.2, 0) is 16.1 Å². The van der Waals surface area contributed by atoms with Crippen LogP contribution in [0, 0.1) is 0 Å². The number of amides is 1. The van der Waals surface area contributed by atoms with Crippen LogP contribution in [-0.4, -0.2) is 38.6 Å². The molecule has 0 saturated heterocycles. The van der Waals surface area contributed by atoms with Crippen molar-refractivity contribution in [2.75, 3.05) is 33.1 Å². The molecule has 0 aromatic heterocycles. The minimum Gasteiger partial charge on any atom is -0.385 e. The van der Waals surface area contributed by atoms with Crippen molar-refractivity contribution in [1.82, 2.24) is 4.90 Å². The molecule has 0 fully saturated rings. The van der Waals surface area contributed by atoms with Crippen LogP contribution in [0.25, 0.3) is 0 Å². The molecule has 17 heavy (non-hydrogen) atoms. The predicted molar refractivity (Wildman–Crippen MR) is 69.0 cm³/mol. The molecule has 1 rings (SSSR count). The number of hydrogen-bond acceptors (Lipinski definition) is 3. The van der Waals surface area contributed by atoms with Crippen molar-refractivity contribution in [2.24, 2.45) is 0 Å². The Morgan fingerprint density at radius 3 is 2.82 bits per heavy atom. The van der Waals surface area contributed by atoms with Gasteiger partial charge in [-0.1, -0.05) is 12.1 Å². The van der Waals surface area contributed by atoms with E-state index in [0.717, 1.165) is 11.3 Å². The van der Waals surface area contributed by atoms with Gasteiger partial charge in [0.15, 0.2) is 0 Å². The molecule has 0 aliphatic carbocycles. The smallest absolute Gasteiger partial charge is 0.223 e. The second-order valence-corrected chi connectivity index (χ2v) is 4.10. The van der Waals surface area contributed by atoms with Crippen molar-refractivity contribution in [3.63, 3.8) is 0 Å². The molecule has 1 amide bonds. The number of methoxy groups -OCH3 is 1. The van der Waals surface area contributed by atoms with Crippen molar-refractivity contribution in [1.29, 1.82) is 0 Å². The predicted octanol–water partition coefficient (Wildman–Crippen LogP) is 1.72. The quantitative estimate of drug-likeness (QED) is 0.817. The Bertz CT molecular complexity index is 364. The minimum absolute atomic E-state index is 0.130. The van der Waals surface area contributed by atoms with Crippen LogP contribution in [0.1, 0.15) is 12.0 Å². The van der Waals surface area contributed by atoms with E-state index in [4.69, 9.17) is 4.74 Å². The average Bonchev–Trinajstić information content (AvgIpc) is 2.29. The third-order valence-corrected chi connectivity index (χ3v) is 2.40. The van der Waals surface area contributed by atoms with Crippen molar-refractivity contribution in [2.45, 2.75) is 13.0 Å². The summed E-state index contributed by atoms with van der Waals surface area (Å²) in [4.78, 5) is 13.0. The second kappa shape index (κ2) is 6.91. The monoisotopic (exact) mass is 236 g/mol. The van der Waals surface area contributed by atoms with E-state index in [2.05, 4.69) is 5.32 Å². The molecule has 0 aliphatic heterocycles. The molecule has 0 unspecified atom stereocenters. The van der Waals surface area contributed by atoms with Gasteiger partial charge in [-0.15, -0.1) is 0 Å². The molecule has 1 aromatic rings. The number of benzene rings is 1. The molecule has 1 N–H and O–H groups in total. The molecule has 0 bridgehead atoms. The maximum absolute atomic E-state index is 11.4. The Morgan fingerprint density at radius 1 is 1.41 bits per heavy atom. The van der Waals surface area contributed by atoms with Gasteiger partial charge < -0.3 is 15.0 Å². The summed E-state index contributed by atoms with van der Waals surface area (Å²) in [5.41, 5.74) is 2.14. The summed E-state index contributed by atoms with van der Waals surface area (Å²) in [7, 11) is 5.21. The maximum atomic E-state index is 11.4. The molecular formula is C13H20N2O2. The van der Waals surface area contributed by atoms with Gasteiger partial charge in [0, 0.05) is 39.9 Å². The van der Waals surface area contributed by atoms with Crippen LogP contribution in [0.3, 0.4) is 0 Å². The van der Waals surface area contributed by atoms with E-state index in [-0.39, 0.29) is 5.91 Å². The highest BCUT2D eigenvalue weighted by Gasteiger charge is 2.02. The fourth-order valence-electron chi connectivity index (χ4n) is 1.48. The summed E-state index contributed by atoms with van der Waals surface area (Å²) in [5, 5.41) is 3.23. The van der Waals surface area contributed by atoms with Crippen LogP contribution in [0.15, 0.2) is 24.3 Å². The number of nitrogens with zero attached hydrogens (tertiary/aromatic N) is 1. The van der Waals surface area contributed by atoms with E-state index >= 15 is 0 Å². The summed E-state index contributed by atoms with van der Waals surface area (Å²) in [6.45, 7) is 1.25. The van der Waals surface area contributed by atoms with Crippen molar-refractivity contribution in [3.8, 4) is 0 Å². The number of anilines is 1. The van der Waals surface area contributed by atoms with Crippen LogP contribution in [0.2, 0.25) is 0 Å². The van der Waals surface area contributed by atoms with Gasteiger partial charge in [-0.2, -0.15) is 0 Å². The van der Waals surface area contributed by atoms with Gasteiger partial charge in [0.25, 0.3) is 0 Å². The summed E-state index contributed by atoms with van der Waals surface area (Å²) >= 11 is 0. The molecule has 0 radical (unpaired) electrons. The van der Waals surface area contributed by atoms with E-state index in [1.807, 2.05) is 24.3 Å². The number of ether oxygens (including phenoxy) is 1. The third-order valence-electron chi connectivity index (χ3n) is 2.40. The largest absolute Gasteiger partial charge is 0.385 e. The summed E-state index contributed by atoms with van der Waals surface area (Å²) < 4.78 is 5.07. The van der Waals surface area contributed by atoms with Crippen LogP contribution < -0.4 is 5.32 Å². The summed E-state index contributed by atoms with van der Waals surface area (Å²) in [5.74, 6) is 0.130. The normalized spacial score (nSPS) is 10.1. The van der Waals surface area contributed by atoms with Gasteiger partial charge in [0.05, 0.1) is 6.61 Å². The van der Waals surface area contributed by atoms with E-state index in [1.54, 1.807) is 26.1 Å². The Morgan fingerprint density at radius 2 is 2.18 bits per heavy atom. The van der Waals surface area contributed by atoms with Gasteiger partial charge in [0.1, 0.15) is 0 Å². The van der Waals surface area contributed by atoms with Crippen molar-refractivity contribution in [3.05, 3.63) is 29.8 Å². The van der Waals surface area contributed by atoms with E-state index in [9.17, 15) is 4.79 Å². The lowest BCUT2D eigenvalue weighted by atomic mass is 10.2. The first kappa shape index (κ1) is 13.5. The molecule has 0 spiro atoms. The fraction of sp³-hybridized carbons (Fsp3) is 0.462. The van der Waals surface area contributed by atoms with Gasteiger partial charge in [-0.25, -0.2) is 0 Å². The highest BCUT2D eigenvalue weighted by atomic mass is 16.5. The summed E-state index contributed by atoms with van der Waals surface area (Å²) in [6.07, 6.45) is 0.501. The Hall–Kier alpha value is -1.55. The first-order chi connectivity index (χ1) is 8.13. The lowest BCUT2D eigenvalue weighted by Gasteiger charge is -2.11. The van der Waals surface area contributed by atoms with E-state index < -0.39 is 0 Å². The Balaban J connectivity index is 2.41. The van der Waals surface area contributed by atoms with Crippen LogP contribution in [0.5, 0.6) is 0 Å². The lowest BCUT2D eigenvalue weighted by Crippen LogP contribution is -2.23. The molecule has 0 atom stereocenters. The van der Waals surface area contributed by atoms with Crippen molar-refractivity contribution >= 4 is 11.6 Å².